The van der Waals surface area contributed by atoms with E-state index in [9.17, 15) is 14.4 Å². The fourth-order valence-corrected chi connectivity index (χ4v) is 3.09. The van der Waals surface area contributed by atoms with Gasteiger partial charge >= 0.3 is 11.8 Å². The zero-order chi connectivity index (χ0) is 27.2. The minimum atomic E-state index is -0.925. The van der Waals surface area contributed by atoms with Gasteiger partial charge in [0.05, 0.1) is 19.4 Å². The molecular formula is C28H30N4O6. The lowest BCUT2D eigenvalue weighted by Crippen LogP contribution is -2.32. The van der Waals surface area contributed by atoms with Crippen LogP contribution in [0.15, 0.2) is 77.9 Å². The average Bonchev–Trinajstić information content (AvgIpc) is 2.93. The minimum Gasteiger partial charge on any atom is -0.494 e. The molecule has 0 atom stereocenters. The maximum atomic E-state index is 12.2. The van der Waals surface area contributed by atoms with Crippen molar-refractivity contribution in [1.82, 2.24) is 5.43 Å². The van der Waals surface area contributed by atoms with E-state index in [0.29, 0.717) is 41.7 Å². The molecule has 38 heavy (non-hydrogen) atoms. The van der Waals surface area contributed by atoms with Crippen molar-refractivity contribution in [3.05, 3.63) is 78.4 Å². The maximum Gasteiger partial charge on any atom is 0.329 e. The molecule has 0 aliphatic carbocycles. The van der Waals surface area contributed by atoms with Crippen molar-refractivity contribution in [2.45, 2.75) is 20.3 Å². The molecule has 0 aromatic heterocycles. The third-order valence-corrected chi connectivity index (χ3v) is 4.85. The van der Waals surface area contributed by atoms with Gasteiger partial charge in [0.1, 0.15) is 17.2 Å². The van der Waals surface area contributed by atoms with E-state index in [0.717, 1.165) is 12.2 Å². The van der Waals surface area contributed by atoms with Crippen molar-refractivity contribution in [1.29, 1.82) is 0 Å². The van der Waals surface area contributed by atoms with Gasteiger partial charge in [-0.05, 0) is 79.6 Å². The van der Waals surface area contributed by atoms with E-state index in [1.54, 1.807) is 72.8 Å². The fourth-order valence-electron chi connectivity index (χ4n) is 3.09. The molecule has 0 fully saturated rings. The van der Waals surface area contributed by atoms with Crippen LogP contribution in [0.2, 0.25) is 0 Å². The van der Waals surface area contributed by atoms with Crippen LogP contribution >= 0.6 is 0 Å². The number of hydrazone groups is 1. The second-order valence-corrected chi connectivity index (χ2v) is 7.89. The number of hydrogen-bond acceptors (Lipinski definition) is 7. The van der Waals surface area contributed by atoms with Gasteiger partial charge in [0.2, 0.25) is 0 Å². The van der Waals surface area contributed by atoms with Crippen LogP contribution in [-0.4, -0.2) is 43.8 Å². The van der Waals surface area contributed by atoms with Crippen molar-refractivity contribution < 1.29 is 28.6 Å². The smallest absolute Gasteiger partial charge is 0.329 e. The molecule has 0 spiro atoms. The summed E-state index contributed by atoms with van der Waals surface area (Å²) < 4.78 is 16.4. The Morgan fingerprint density at radius 3 is 2.08 bits per heavy atom. The fraction of sp³-hybridized carbons (Fsp3) is 0.214. The first-order valence-electron chi connectivity index (χ1n) is 12.1. The third-order valence-electron chi connectivity index (χ3n) is 4.85. The summed E-state index contributed by atoms with van der Waals surface area (Å²) in [7, 11) is 0. The third kappa shape index (κ3) is 9.30. The number of hydrogen-bond donors (Lipinski definition) is 3. The van der Waals surface area contributed by atoms with Crippen LogP contribution in [0.25, 0.3) is 0 Å². The Hall–Kier alpha value is -4.86. The van der Waals surface area contributed by atoms with E-state index >= 15 is 0 Å². The lowest BCUT2D eigenvalue weighted by molar-refractivity contribution is -0.136. The van der Waals surface area contributed by atoms with Gasteiger partial charge in [-0.25, -0.2) is 5.43 Å². The molecule has 3 amide bonds. The minimum absolute atomic E-state index is 0.198. The molecule has 0 aliphatic heterocycles. The summed E-state index contributed by atoms with van der Waals surface area (Å²) in [5.74, 6) is -0.273. The largest absolute Gasteiger partial charge is 0.494 e. The van der Waals surface area contributed by atoms with Crippen LogP contribution in [0.5, 0.6) is 17.2 Å². The van der Waals surface area contributed by atoms with E-state index < -0.39 is 11.8 Å². The number of nitrogens with zero attached hydrogens (tertiary/aromatic N) is 1. The van der Waals surface area contributed by atoms with E-state index in [1.165, 1.54) is 6.21 Å². The maximum absolute atomic E-state index is 12.2. The molecule has 3 aromatic rings. The van der Waals surface area contributed by atoms with Crippen LogP contribution in [0, 0.1) is 0 Å². The van der Waals surface area contributed by atoms with Crippen molar-refractivity contribution >= 4 is 35.3 Å². The Labute approximate surface area is 221 Å². The first kappa shape index (κ1) is 27.7. The molecule has 3 aromatic carbocycles. The van der Waals surface area contributed by atoms with Crippen molar-refractivity contribution in [2.75, 3.05) is 30.5 Å². The summed E-state index contributed by atoms with van der Waals surface area (Å²) in [5.41, 5.74) is 3.85. The van der Waals surface area contributed by atoms with Gasteiger partial charge in [0.15, 0.2) is 6.61 Å². The molecule has 0 radical (unpaired) electrons. The number of rotatable bonds is 12. The number of nitrogens with one attached hydrogen (secondary N) is 3. The van der Waals surface area contributed by atoms with Crippen LogP contribution in [-0.2, 0) is 14.4 Å². The van der Waals surface area contributed by atoms with Gasteiger partial charge < -0.3 is 24.8 Å². The van der Waals surface area contributed by atoms with E-state index in [2.05, 4.69) is 21.2 Å². The van der Waals surface area contributed by atoms with Gasteiger partial charge in [-0.3, -0.25) is 14.4 Å². The van der Waals surface area contributed by atoms with Gasteiger partial charge in [-0.2, -0.15) is 5.10 Å². The highest BCUT2D eigenvalue weighted by molar-refractivity contribution is 6.39. The van der Waals surface area contributed by atoms with Crippen LogP contribution in [0.4, 0.5) is 11.4 Å². The predicted octanol–water partition coefficient (Wildman–Crippen LogP) is 3.98. The Bertz CT molecular complexity index is 1240. The monoisotopic (exact) mass is 518 g/mol. The second kappa shape index (κ2) is 14.6. The van der Waals surface area contributed by atoms with Crippen molar-refractivity contribution in [2.24, 2.45) is 5.10 Å². The van der Waals surface area contributed by atoms with Crippen LogP contribution in [0.1, 0.15) is 25.8 Å². The SMILES string of the molecule is CCCOc1ccc(NC(=O)C(=O)N/N=C\c2cccc(OCC(=O)Nc3ccc(OCC)cc3)c2)cc1. The highest BCUT2D eigenvalue weighted by atomic mass is 16.5. The Morgan fingerprint density at radius 2 is 1.42 bits per heavy atom. The van der Waals surface area contributed by atoms with Gasteiger partial charge in [0.25, 0.3) is 5.91 Å². The van der Waals surface area contributed by atoms with Crippen molar-refractivity contribution in [3.63, 3.8) is 0 Å². The number of ether oxygens (including phenoxy) is 3. The molecular weight excluding hydrogens is 488 g/mol. The first-order valence-corrected chi connectivity index (χ1v) is 12.1. The lowest BCUT2D eigenvalue weighted by Gasteiger charge is -2.09. The number of carbonyl (C=O) groups excluding carboxylic acids is 3. The quantitative estimate of drug-likeness (QED) is 0.189. The summed E-state index contributed by atoms with van der Waals surface area (Å²) in [6.45, 7) is 4.87. The van der Waals surface area contributed by atoms with Gasteiger partial charge in [-0.1, -0.05) is 19.1 Å². The number of amides is 3. The summed E-state index contributed by atoms with van der Waals surface area (Å²) in [5, 5.41) is 9.05. The first-order chi connectivity index (χ1) is 18.5. The molecule has 10 nitrogen and oxygen atoms in total. The van der Waals surface area contributed by atoms with Crippen molar-refractivity contribution in [3.8, 4) is 17.2 Å². The highest BCUT2D eigenvalue weighted by Gasteiger charge is 2.13. The van der Waals surface area contributed by atoms with Crippen LogP contribution < -0.4 is 30.3 Å². The molecule has 0 aliphatic rings. The van der Waals surface area contributed by atoms with Gasteiger partial charge in [0, 0.05) is 11.4 Å². The van der Waals surface area contributed by atoms with E-state index in [1.807, 2.05) is 13.8 Å². The normalized spacial score (nSPS) is 10.5. The number of carbonyl (C=O) groups is 3. The summed E-state index contributed by atoms with van der Waals surface area (Å²) >= 11 is 0. The second-order valence-electron chi connectivity index (χ2n) is 7.89. The lowest BCUT2D eigenvalue weighted by atomic mass is 10.2. The molecule has 3 N–H and O–H groups in total. The predicted molar refractivity (Wildman–Crippen MR) is 145 cm³/mol. The summed E-state index contributed by atoms with van der Waals surface area (Å²) in [6, 6.07) is 20.5. The number of anilines is 2. The Kier molecular flexibility index (Phi) is 10.7. The van der Waals surface area contributed by atoms with E-state index in [-0.39, 0.29) is 12.5 Å². The van der Waals surface area contributed by atoms with E-state index in [4.69, 9.17) is 14.2 Å². The van der Waals surface area contributed by atoms with Crippen LogP contribution in [0.3, 0.4) is 0 Å². The molecule has 0 saturated heterocycles. The number of benzene rings is 3. The average molecular weight is 519 g/mol. The van der Waals surface area contributed by atoms with Gasteiger partial charge in [-0.15, -0.1) is 0 Å². The molecule has 0 heterocycles. The summed E-state index contributed by atoms with van der Waals surface area (Å²) in [4.78, 5) is 36.3. The molecule has 0 saturated carbocycles. The topological polar surface area (TPSA) is 127 Å². The molecule has 3 rings (SSSR count). The molecule has 0 bridgehead atoms. The Balaban J connectivity index is 1.43. The zero-order valence-electron chi connectivity index (χ0n) is 21.2. The molecule has 10 heteroatoms. The molecule has 0 unspecified atom stereocenters. The zero-order valence-corrected chi connectivity index (χ0v) is 21.2. The summed E-state index contributed by atoms with van der Waals surface area (Å²) in [6.07, 6.45) is 2.25. The standard InChI is InChI=1S/C28H30N4O6/c1-3-16-37-24-14-10-22(11-15-24)31-27(34)28(35)32-29-18-20-6-5-7-25(17-20)38-19-26(33)30-21-8-12-23(13-9-21)36-4-2/h5-15,17-18H,3-4,16,19H2,1-2H3,(H,30,33)(H,31,34)(H,32,35)/b29-18-. The Morgan fingerprint density at radius 1 is 0.763 bits per heavy atom. The highest BCUT2D eigenvalue weighted by Crippen LogP contribution is 2.17. The molecule has 198 valence electrons.